The molecule has 4 amide bonds. The Morgan fingerprint density at radius 1 is 0.820 bits per heavy atom. The van der Waals surface area contributed by atoms with Gasteiger partial charge in [0, 0.05) is 26.9 Å². The van der Waals surface area contributed by atoms with Crippen LogP contribution in [0.1, 0.15) is 43.6 Å². The van der Waals surface area contributed by atoms with Crippen molar-refractivity contribution in [2.75, 3.05) is 16.0 Å². The summed E-state index contributed by atoms with van der Waals surface area (Å²) in [7, 11) is 0. The fourth-order valence-corrected chi connectivity index (χ4v) is 6.84. The zero-order valence-electron chi connectivity index (χ0n) is 26.8. The number of nitriles is 1. The Bertz CT molecular complexity index is 2130. The van der Waals surface area contributed by atoms with E-state index < -0.39 is 17.1 Å². The third kappa shape index (κ3) is 9.06. The SMILES string of the molecule is Cc1c(C(=O)Nc2ccccc2)sc(NC(=O)C(C)Sc2cccc(NC(=O)/C(=C\c3ccccc3Cl)NC(=O)c3ccccc3)c2)c1C#N. The Morgan fingerprint density at radius 3 is 2.18 bits per heavy atom. The van der Waals surface area contributed by atoms with Crippen LogP contribution in [0.4, 0.5) is 16.4 Å². The average molecular weight is 720 g/mol. The molecule has 1 heterocycles. The van der Waals surface area contributed by atoms with Gasteiger partial charge in [0.05, 0.1) is 15.7 Å². The highest BCUT2D eigenvalue weighted by molar-refractivity contribution is 8.00. The number of amides is 4. The highest BCUT2D eigenvalue weighted by Crippen LogP contribution is 2.34. The molecule has 4 N–H and O–H groups in total. The number of carbonyl (C=O) groups is 4. The second kappa shape index (κ2) is 16.6. The van der Waals surface area contributed by atoms with Crippen LogP contribution in [-0.2, 0) is 9.59 Å². The van der Waals surface area contributed by atoms with Crippen LogP contribution in [-0.4, -0.2) is 28.9 Å². The van der Waals surface area contributed by atoms with E-state index in [1.54, 1.807) is 117 Å². The highest BCUT2D eigenvalue weighted by atomic mass is 35.5. The van der Waals surface area contributed by atoms with Crippen LogP contribution in [0.25, 0.3) is 6.08 Å². The number of para-hydroxylation sites is 1. The lowest BCUT2D eigenvalue weighted by molar-refractivity contribution is -0.115. The third-order valence-corrected chi connectivity index (χ3v) is 9.89. The summed E-state index contributed by atoms with van der Waals surface area (Å²) in [5.74, 6) is -1.79. The van der Waals surface area contributed by atoms with E-state index in [9.17, 15) is 24.4 Å². The maximum atomic E-state index is 13.5. The van der Waals surface area contributed by atoms with Crippen LogP contribution in [0.5, 0.6) is 0 Å². The first-order valence-electron chi connectivity index (χ1n) is 15.2. The quantitative estimate of drug-likeness (QED) is 0.0799. The Kier molecular flexibility index (Phi) is 11.9. The fourth-order valence-electron chi connectivity index (χ4n) is 4.67. The molecular weight excluding hydrogens is 690 g/mol. The lowest BCUT2D eigenvalue weighted by Gasteiger charge is -2.14. The summed E-state index contributed by atoms with van der Waals surface area (Å²) in [4.78, 5) is 53.7. The number of hydrogen-bond donors (Lipinski definition) is 4. The van der Waals surface area contributed by atoms with Crippen LogP contribution in [0.2, 0.25) is 5.02 Å². The molecule has 9 nitrogen and oxygen atoms in total. The monoisotopic (exact) mass is 719 g/mol. The predicted molar refractivity (Wildman–Crippen MR) is 201 cm³/mol. The molecule has 0 bridgehead atoms. The van der Waals surface area contributed by atoms with Crippen molar-refractivity contribution in [1.82, 2.24) is 5.32 Å². The van der Waals surface area contributed by atoms with E-state index in [-0.39, 0.29) is 28.1 Å². The number of nitrogens with zero attached hydrogens (tertiary/aromatic N) is 1. The summed E-state index contributed by atoms with van der Waals surface area (Å²) < 4.78 is 0. The lowest BCUT2D eigenvalue weighted by atomic mass is 10.1. The van der Waals surface area contributed by atoms with Gasteiger partial charge in [-0.25, -0.2) is 0 Å². The van der Waals surface area contributed by atoms with Crippen molar-refractivity contribution in [3.05, 3.63) is 147 Å². The average Bonchev–Trinajstić information content (AvgIpc) is 3.43. The molecule has 1 unspecified atom stereocenters. The second-order valence-corrected chi connectivity index (χ2v) is 13.7. The predicted octanol–water partition coefficient (Wildman–Crippen LogP) is 8.36. The van der Waals surface area contributed by atoms with Crippen LogP contribution >= 0.6 is 34.7 Å². The summed E-state index contributed by atoms with van der Waals surface area (Å²) in [6.07, 6.45) is 1.50. The zero-order chi connectivity index (χ0) is 35.6. The van der Waals surface area contributed by atoms with E-state index in [1.807, 2.05) is 6.07 Å². The summed E-state index contributed by atoms with van der Waals surface area (Å²) >= 11 is 8.63. The molecule has 1 aromatic heterocycles. The minimum absolute atomic E-state index is 0.0193. The minimum Gasteiger partial charge on any atom is -0.321 e. The third-order valence-electron chi connectivity index (χ3n) is 7.24. The van der Waals surface area contributed by atoms with Gasteiger partial charge in [0.15, 0.2) is 0 Å². The number of hydrogen-bond acceptors (Lipinski definition) is 7. The second-order valence-electron chi connectivity index (χ2n) is 10.8. The molecule has 0 radical (unpaired) electrons. The van der Waals surface area contributed by atoms with Gasteiger partial charge in [0.1, 0.15) is 16.8 Å². The Morgan fingerprint density at radius 2 is 1.48 bits per heavy atom. The van der Waals surface area contributed by atoms with Crippen LogP contribution in [0.15, 0.2) is 120 Å². The molecule has 0 saturated carbocycles. The number of benzene rings is 4. The van der Waals surface area contributed by atoms with Crippen molar-refractivity contribution in [3.8, 4) is 6.07 Å². The number of nitrogens with one attached hydrogen (secondary N) is 4. The van der Waals surface area contributed by atoms with Crippen molar-refractivity contribution < 1.29 is 19.2 Å². The van der Waals surface area contributed by atoms with E-state index in [2.05, 4.69) is 27.3 Å². The molecule has 50 heavy (non-hydrogen) atoms. The summed E-state index contributed by atoms with van der Waals surface area (Å²) in [5.41, 5.74) is 2.65. The number of thiophene rings is 1. The molecule has 0 spiro atoms. The van der Waals surface area contributed by atoms with Crippen molar-refractivity contribution in [2.45, 2.75) is 24.0 Å². The van der Waals surface area contributed by atoms with Crippen LogP contribution < -0.4 is 21.3 Å². The van der Waals surface area contributed by atoms with Gasteiger partial charge in [-0.1, -0.05) is 72.3 Å². The molecular formula is C38H30ClN5O4S2. The Balaban J connectivity index is 1.28. The zero-order valence-corrected chi connectivity index (χ0v) is 29.2. The molecule has 0 saturated heterocycles. The lowest BCUT2D eigenvalue weighted by Crippen LogP contribution is -2.30. The van der Waals surface area contributed by atoms with Crippen molar-refractivity contribution >= 4 is 80.8 Å². The molecule has 0 fully saturated rings. The first-order valence-corrected chi connectivity index (χ1v) is 17.3. The number of anilines is 3. The normalized spacial score (nSPS) is 11.5. The van der Waals surface area contributed by atoms with Gasteiger partial charge in [-0.05, 0) is 79.6 Å². The van der Waals surface area contributed by atoms with Gasteiger partial charge in [-0.2, -0.15) is 5.26 Å². The topological polar surface area (TPSA) is 140 Å². The van der Waals surface area contributed by atoms with Gasteiger partial charge >= 0.3 is 0 Å². The first-order chi connectivity index (χ1) is 24.1. The Hall–Kier alpha value is -5.67. The molecule has 4 aromatic carbocycles. The van der Waals surface area contributed by atoms with E-state index in [4.69, 9.17) is 11.6 Å². The first kappa shape index (κ1) is 35.6. The molecule has 5 aromatic rings. The fraction of sp³-hybridized carbons (Fsp3) is 0.0789. The van der Waals surface area contributed by atoms with Gasteiger partial charge in [-0.3, -0.25) is 19.2 Å². The molecule has 0 aliphatic rings. The van der Waals surface area contributed by atoms with Gasteiger partial charge < -0.3 is 21.3 Å². The maximum Gasteiger partial charge on any atom is 0.272 e. The summed E-state index contributed by atoms with van der Waals surface area (Å²) in [6.45, 7) is 3.38. The highest BCUT2D eigenvalue weighted by Gasteiger charge is 2.24. The largest absolute Gasteiger partial charge is 0.321 e. The number of rotatable bonds is 11. The molecule has 250 valence electrons. The van der Waals surface area contributed by atoms with Crippen LogP contribution in [0, 0.1) is 18.3 Å². The maximum absolute atomic E-state index is 13.5. The van der Waals surface area contributed by atoms with Crippen molar-refractivity contribution in [1.29, 1.82) is 5.26 Å². The Labute approximate surface area is 302 Å². The molecule has 1 atom stereocenters. The van der Waals surface area contributed by atoms with E-state index in [0.29, 0.717) is 42.9 Å². The molecule has 5 rings (SSSR count). The van der Waals surface area contributed by atoms with Crippen molar-refractivity contribution in [3.63, 3.8) is 0 Å². The smallest absolute Gasteiger partial charge is 0.272 e. The van der Waals surface area contributed by atoms with Crippen LogP contribution in [0.3, 0.4) is 0 Å². The van der Waals surface area contributed by atoms with Gasteiger partial charge in [0.2, 0.25) is 5.91 Å². The van der Waals surface area contributed by atoms with Crippen molar-refractivity contribution in [2.24, 2.45) is 0 Å². The van der Waals surface area contributed by atoms with Gasteiger partial charge in [-0.15, -0.1) is 23.1 Å². The number of carbonyl (C=O) groups excluding carboxylic acids is 4. The molecule has 0 aliphatic carbocycles. The number of halogens is 1. The standard InChI is InChI=1S/C38H30ClN5O4S2/c1-23-30(22-40)38(50-33(23)37(48)41-27-15-7-4-8-16-27)44-34(45)24(2)49-29-18-11-17-28(21-29)42-36(47)32(20-26-14-9-10-19-31(26)39)43-35(46)25-12-5-3-6-13-25/h3-21,24H,1-2H3,(H,41,48)(H,42,47)(H,43,46)(H,44,45)/b32-20+. The molecule has 0 aliphatic heterocycles. The van der Waals surface area contributed by atoms with E-state index >= 15 is 0 Å². The van der Waals surface area contributed by atoms with E-state index in [1.165, 1.54) is 17.8 Å². The minimum atomic E-state index is -0.614. The molecule has 12 heteroatoms. The number of thioether (sulfide) groups is 1. The summed E-state index contributed by atoms with van der Waals surface area (Å²) in [6, 6.07) is 33.4. The summed E-state index contributed by atoms with van der Waals surface area (Å²) in [5, 5.41) is 21.0. The van der Waals surface area contributed by atoms with Gasteiger partial charge in [0.25, 0.3) is 17.7 Å². The van der Waals surface area contributed by atoms with E-state index in [0.717, 1.165) is 11.3 Å².